The molecule has 1 rings (SSSR count). The van der Waals surface area contributed by atoms with Crippen LogP contribution >= 0.6 is 0 Å². The largest absolute Gasteiger partial charge is 0.497 e. The highest BCUT2D eigenvalue weighted by molar-refractivity contribution is 5.40. The van der Waals surface area contributed by atoms with Crippen LogP contribution in [0, 0.1) is 17.8 Å². The first-order valence-corrected chi connectivity index (χ1v) is 7.41. The van der Waals surface area contributed by atoms with E-state index in [4.69, 9.17) is 9.47 Å². The highest BCUT2D eigenvalue weighted by Gasteiger charge is 2.17. The Morgan fingerprint density at radius 3 is 2.15 bits per heavy atom. The summed E-state index contributed by atoms with van der Waals surface area (Å²) in [5.74, 6) is 3.84. The lowest BCUT2D eigenvalue weighted by Crippen LogP contribution is -2.29. The molecule has 0 bridgehead atoms. The third-order valence-electron chi connectivity index (χ3n) is 3.90. The Kier molecular flexibility index (Phi) is 6.86. The molecule has 114 valence electrons. The topological polar surface area (TPSA) is 30.5 Å². The molecule has 1 aromatic carbocycles. The molecule has 0 radical (unpaired) electrons. The van der Waals surface area contributed by atoms with Crippen LogP contribution < -0.4 is 14.8 Å². The maximum atomic E-state index is 5.40. The first-order chi connectivity index (χ1) is 9.49. The summed E-state index contributed by atoms with van der Waals surface area (Å²) in [6, 6.07) is 5.91. The van der Waals surface area contributed by atoms with Crippen LogP contribution in [0.4, 0.5) is 0 Å². The van der Waals surface area contributed by atoms with Crippen LogP contribution in [0.1, 0.15) is 33.3 Å². The van der Waals surface area contributed by atoms with E-state index in [0.29, 0.717) is 17.8 Å². The molecule has 3 nitrogen and oxygen atoms in total. The van der Waals surface area contributed by atoms with Gasteiger partial charge in [-0.2, -0.15) is 0 Å². The number of benzene rings is 1. The Morgan fingerprint density at radius 1 is 1.00 bits per heavy atom. The van der Waals surface area contributed by atoms with Crippen molar-refractivity contribution in [2.75, 3.05) is 20.8 Å². The van der Waals surface area contributed by atoms with Crippen molar-refractivity contribution in [1.82, 2.24) is 5.32 Å². The minimum atomic E-state index is 0.687. The van der Waals surface area contributed by atoms with Crippen molar-refractivity contribution in [3.63, 3.8) is 0 Å². The molecule has 1 aromatic rings. The predicted octanol–water partition coefficient (Wildman–Crippen LogP) is 3.72. The minimum Gasteiger partial charge on any atom is -0.497 e. The van der Waals surface area contributed by atoms with Crippen LogP contribution in [0.2, 0.25) is 0 Å². The fourth-order valence-electron chi connectivity index (χ4n) is 2.63. The van der Waals surface area contributed by atoms with Crippen LogP contribution in [0.3, 0.4) is 0 Å². The Labute approximate surface area is 123 Å². The molecular formula is C17H29NO2. The van der Waals surface area contributed by atoms with Crippen molar-refractivity contribution >= 4 is 0 Å². The van der Waals surface area contributed by atoms with Crippen molar-refractivity contribution in [2.45, 2.75) is 34.2 Å². The molecule has 0 aliphatic rings. The molecule has 1 N–H and O–H groups in total. The molecule has 0 heterocycles. The van der Waals surface area contributed by atoms with E-state index in [1.54, 1.807) is 14.2 Å². The van der Waals surface area contributed by atoms with Gasteiger partial charge in [0.1, 0.15) is 11.5 Å². The number of methoxy groups -OCH3 is 2. The van der Waals surface area contributed by atoms with Gasteiger partial charge in [0.2, 0.25) is 0 Å². The van der Waals surface area contributed by atoms with E-state index in [0.717, 1.165) is 30.2 Å². The highest BCUT2D eigenvalue weighted by Crippen LogP contribution is 2.24. The summed E-state index contributed by atoms with van der Waals surface area (Å²) < 4.78 is 10.7. The lowest BCUT2D eigenvalue weighted by molar-refractivity contribution is 0.275. The molecule has 0 saturated carbocycles. The lowest BCUT2D eigenvalue weighted by atomic mass is 9.85. The standard InChI is InChI=1S/C17H29NO2/c1-12(2)16(13(3)4)11-18-10-14-9-15(19-5)7-8-17(14)20-6/h7-9,12-13,16,18H,10-11H2,1-6H3. The molecule has 0 aliphatic carbocycles. The lowest BCUT2D eigenvalue weighted by Gasteiger charge is -2.25. The normalized spacial score (nSPS) is 11.4. The second-order valence-electron chi connectivity index (χ2n) is 5.96. The molecule has 0 aromatic heterocycles. The number of hydrogen-bond donors (Lipinski definition) is 1. The van der Waals surface area contributed by atoms with Crippen LogP contribution in [0.5, 0.6) is 11.5 Å². The fourth-order valence-corrected chi connectivity index (χ4v) is 2.63. The van der Waals surface area contributed by atoms with Gasteiger partial charge in [-0.25, -0.2) is 0 Å². The summed E-state index contributed by atoms with van der Waals surface area (Å²) in [6.45, 7) is 11.0. The molecule has 0 unspecified atom stereocenters. The number of hydrogen-bond acceptors (Lipinski definition) is 3. The highest BCUT2D eigenvalue weighted by atomic mass is 16.5. The maximum absolute atomic E-state index is 5.40. The van der Waals surface area contributed by atoms with Crippen LogP contribution in [-0.2, 0) is 6.54 Å². The SMILES string of the molecule is COc1ccc(OC)c(CNCC(C(C)C)C(C)C)c1. The van der Waals surface area contributed by atoms with E-state index < -0.39 is 0 Å². The van der Waals surface area contributed by atoms with Gasteiger partial charge in [-0.1, -0.05) is 27.7 Å². The van der Waals surface area contributed by atoms with Gasteiger partial charge in [-0.3, -0.25) is 0 Å². The fraction of sp³-hybridized carbons (Fsp3) is 0.647. The summed E-state index contributed by atoms with van der Waals surface area (Å²) in [7, 11) is 3.39. The number of rotatable bonds is 8. The van der Waals surface area contributed by atoms with Gasteiger partial charge >= 0.3 is 0 Å². The summed E-state index contributed by atoms with van der Waals surface area (Å²) in [6.07, 6.45) is 0. The van der Waals surface area contributed by atoms with Crippen LogP contribution in [0.25, 0.3) is 0 Å². The average Bonchev–Trinajstić information content (AvgIpc) is 2.42. The van der Waals surface area contributed by atoms with Crippen molar-refractivity contribution in [3.05, 3.63) is 23.8 Å². The van der Waals surface area contributed by atoms with Gasteiger partial charge in [0.15, 0.2) is 0 Å². The second kappa shape index (κ2) is 8.15. The second-order valence-corrected chi connectivity index (χ2v) is 5.96. The van der Waals surface area contributed by atoms with Gasteiger partial charge in [-0.15, -0.1) is 0 Å². The Morgan fingerprint density at radius 2 is 1.65 bits per heavy atom. The van der Waals surface area contributed by atoms with E-state index >= 15 is 0 Å². The summed E-state index contributed by atoms with van der Waals surface area (Å²) in [5, 5.41) is 3.55. The first-order valence-electron chi connectivity index (χ1n) is 7.41. The Bertz CT molecular complexity index is 394. The zero-order valence-corrected chi connectivity index (χ0v) is 13.7. The minimum absolute atomic E-state index is 0.687. The molecule has 0 saturated heterocycles. The molecule has 0 aliphatic heterocycles. The smallest absolute Gasteiger partial charge is 0.123 e. The molecular weight excluding hydrogens is 250 g/mol. The van der Waals surface area contributed by atoms with E-state index in [-0.39, 0.29) is 0 Å². The van der Waals surface area contributed by atoms with Gasteiger partial charge < -0.3 is 14.8 Å². The van der Waals surface area contributed by atoms with Crippen molar-refractivity contribution in [1.29, 1.82) is 0 Å². The van der Waals surface area contributed by atoms with E-state index in [1.165, 1.54) is 0 Å². The third-order valence-corrected chi connectivity index (χ3v) is 3.90. The summed E-state index contributed by atoms with van der Waals surface area (Å²) >= 11 is 0. The van der Waals surface area contributed by atoms with Crippen molar-refractivity contribution in [2.24, 2.45) is 17.8 Å². The van der Waals surface area contributed by atoms with Gasteiger partial charge in [-0.05, 0) is 42.5 Å². The van der Waals surface area contributed by atoms with Crippen LogP contribution in [-0.4, -0.2) is 20.8 Å². The molecule has 0 atom stereocenters. The monoisotopic (exact) mass is 279 g/mol. The number of ether oxygens (including phenoxy) is 2. The van der Waals surface area contributed by atoms with Crippen molar-refractivity contribution < 1.29 is 9.47 Å². The van der Waals surface area contributed by atoms with E-state index in [1.807, 2.05) is 18.2 Å². The van der Waals surface area contributed by atoms with Gasteiger partial charge in [0.05, 0.1) is 14.2 Å². The maximum Gasteiger partial charge on any atom is 0.123 e. The molecule has 0 fully saturated rings. The van der Waals surface area contributed by atoms with Crippen molar-refractivity contribution in [3.8, 4) is 11.5 Å². The molecule has 0 amide bonds. The zero-order chi connectivity index (χ0) is 15.1. The van der Waals surface area contributed by atoms with Crippen LogP contribution in [0.15, 0.2) is 18.2 Å². The van der Waals surface area contributed by atoms with E-state index in [9.17, 15) is 0 Å². The quantitative estimate of drug-likeness (QED) is 0.786. The predicted molar refractivity (Wildman–Crippen MR) is 84.4 cm³/mol. The number of nitrogens with one attached hydrogen (secondary N) is 1. The van der Waals surface area contributed by atoms with Gasteiger partial charge in [0.25, 0.3) is 0 Å². The Hall–Kier alpha value is -1.22. The Balaban J connectivity index is 2.64. The first kappa shape index (κ1) is 16.8. The zero-order valence-electron chi connectivity index (χ0n) is 13.7. The molecule has 3 heteroatoms. The third kappa shape index (κ3) is 4.71. The summed E-state index contributed by atoms with van der Waals surface area (Å²) in [5.41, 5.74) is 1.14. The molecule has 20 heavy (non-hydrogen) atoms. The molecule has 0 spiro atoms. The van der Waals surface area contributed by atoms with E-state index in [2.05, 4.69) is 33.0 Å². The van der Waals surface area contributed by atoms with Gasteiger partial charge in [0, 0.05) is 12.1 Å². The average molecular weight is 279 g/mol. The summed E-state index contributed by atoms with van der Waals surface area (Å²) in [4.78, 5) is 0.